The molecule has 20 heavy (non-hydrogen) atoms. The lowest BCUT2D eigenvalue weighted by atomic mass is 10.1. The maximum atomic E-state index is 12.5. The molecule has 0 heterocycles. The van der Waals surface area contributed by atoms with E-state index < -0.39 is 10.0 Å². The van der Waals surface area contributed by atoms with Gasteiger partial charge < -0.3 is 5.11 Å². The highest BCUT2D eigenvalue weighted by Crippen LogP contribution is 2.37. The molecule has 0 saturated heterocycles. The summed E-state index contributed by atoms with van der Waals surface area (Å²) in [6.45, 7) is 2.30. The fourth-order valence-corrected chi connectivity index (χ4v) is 4.69. The van der Waals surface area contributed by atoms with Crippen molar-refractivity contribution in [2.75, 3.05) is 18.9 Å². The van der Waals surface area contributed by atoms with Crippen LogP contribution in [0.25, 0.3) is 0 Å². The van der Waals surface area contributed by atoms with Crippen LogP contribution in [0.15, 0.2) is 24.3 Å². The molecule has 1 aliphatic rings. The molecule has 1 aromatic carbocycles. The van der Waals surface area contributed by atoms with Gasteiger partial charge in [-0.3, -0.25) is 0 Å². The number of rotatable bonds is 7. The zero-order chi connectivity index (χ0) is 14.6. The van der Waals surface area contributed by atoms with E-state index in [1.54, 1.807) is 4.31 Å². The molecule has 0 radical (unpaired) electrons. The van der Waals surface area contributed by atoms with Crippen LogP contribution in [0.3, 0.4) is 0 Å². The van der Waals surface area contributed by atoms with Gasteiger partial charge in [0.05, 0.1) is 11.8 Å². The van der Waals surface area contributed by atoms with Gasteiger partial charge in [0.2, 0.25) is 10.0 Å². The molecule has 0 aromatic heterocycles. The number of aliphatic hydroxyl groups is 1. The number of fused-ring (bicyclic) bond motifs is 1. The normalized spacial score (nSPS) is 18.4. The van der Waals surface area contributed by atoms with Crippen molar-refractivity contribution in [3.8, 4) is 0 Å². The molecule has 0 bridgehead atoms. The molecular formula is C15H23NO3S. The third-order valence-electron chi connectivity index (χ3n) is 3.80. The third-order valence-corrected chi connectivity index (χ3v) is 5.88. The van der Waals surface area contributed by atoms with Gasteiger partial charge in [0.25, 0.3) is 0 Å². The molecule has 1 aliphatic carbocycles. The molecule has 1 aromatic rings. The lowest BCUT2D eigenvalue weighted by Gasteiger charge is -2.28. The van der Waals surface area contributed by atoms with Gasteiger partial charge in [-0.25, -0.2) is 8.42 Å². The van der Waals surface area contributed by atoms with Crippen molar-refractivity contribution in [3.05, 3.63) is 35.4 Å². The Kier molecular flexibility index (Phi) is 5.18. The standard InChI is InChI=1S/C15H23NO3S/c1-2-12-20(18,19)16(10-5-11-17)15-9-8-13-6-3-4-7-14(13)15/h3-4,6-7,15,17H,2,5,8-12H2,1H3. The van der Waals surface area contributed by atoms with E-state index in [2.05, 4.69) is 6.07 Å². The van der Waals surface area contributed by atoms with Crippen LogP contribution >= 0.6 is 0 Å². The summed E-state index contributed by atoms with van der Waals surface area (Å²) < 4.78 is 26.6. The summed E-state index contributed by atoms with van der Waals surface area (Å²) in [7, 11) is -3.25. The minimum Gasteiger partial charge on any atom is -0.396 e. The monoisotopic (exact) mass is 297 g/mol. The Labute approximate surface area is 121 Å². The Bertz CT molecular complexity index is 542. The SMILES string of the molecule is CCCS(=O)(=O)N(CCCO)C1CCc2ccccc21. The highest BCUT2D eigenvalue weighted by Gasteiger charge is 2.34. The maximum Gasteiger partial charge on any atom is 0.214 e. The first-order chi connectivity index (χ1) is 9.60. The van der Waals surface area contributed by atoms with Crippen molar-refractivity contribution in [1.82, 2.24) is 4.31 Å². The van der Waals surface area contributed by atoms with Gasteiger partial charge in [0, 0.05) is 13.2 Å². The van der Waals surface area contributed by atoms with Crippen molar-refractivity contribution in [2.24, 2.45) is 0 Å². The summed E-state index contributed by atoms with van der Waals surface area (Å²) in [6, 6.07) is 8.01. The summed E-state index contributed by atoms with van der Waals surface area (Å²) in [5.41, 5.74) is 2.38. The van der Waals surface area contributed by atoms with Crippen molar-refractivity contribution in [1.29, 1.82) is 0 Å². The topological polar surface area (TPSA) is 57.6 Å². The fraction of sp³-hybridized carbons (Fsp3) is 0.600. The van der Waals surface area contributed by atoms with Crippen LogP contribution in [-0.2, 0) is 16.4 Å². The highest BCUT2D eigenvalue weighted by molar-refractivity contribution is 7.89. The van der Waals surface area contributed by atoms with E-state index in [1.807, 2.05) is 25.1 Å². The molecule has 1 N–H and O–H groups in total. The summed E-state index contributed by atoms with van der Waals surface area (Å²) in [6.07, 6.45) is 2.87. The molecule has 1 atom stereocenters. The Morgan fingerprint density at radius 3 is 2.80 bits per heavy atom. The average Bonchev–Trinajstić information content (AvgIpc) is 2.83. The predicted octanol–water partition coefficient (Wildman–Crippen LogP) is 2.10. The molecule has 112 valence electrons. The first-order valence-corrected chi connectivity index (χ1v) is 8.89. The van der Waals surface area contributed by atoms with Gasteiger partial charge in [0.1, 0.15) is 0 Å². The summed E-state index contributed by atoms with van der Waals surface area (Å²) in [4.78, 5) is 0. The quantitative estimate of drug-likeness (QED) is 0.838. The second-order valence-electron chi connectivity index (χ2n) is 5.26. The molecule has 0 fully saturated rings. The van der Waals surface area contributed by atoms with Crippen LogP contribution < -0.4 is 0 Å². The Morgan fingerprint density at radius 1 is 1.35 bits per heavy atom. The second kappa shape index (κ2) is 6.70. The van der Waals surface area contributed by atoms with Crippen molar-refractivity contribution in [2.45, 2.75) is 38.6 Å². The maximum absolute atomic E-state index is 12.5. The Morgan fingerprint density at radius 2 is 2.10 bits per heavy atom. The Balaban J connectivity index is 2.29. The molecule has 2 rings (SSSR count). The van der Waals surface area contributed by atoms with Crippen molar-refractivity contribution < 1.29 is 13.5 Å². The van der Waals surface area contributed by atoms with Gasteiger partial charge >= 0.3 is 0 Å². The van der Waals surface area contributed by atoms with Crippen LogP contribution in [0.4, 0.5) is 0 Å². The number of hydrogen-bond acceptors (Lipinski definition) is 3. The number of benzene rings is 1. The van der Waals surface area contributed by atoms with E-state index >= 15 is 0 Å². The second-order valence-corrected chi connectivity index (χ2v) is 7.30. The lowest BCUT2D eigenvalue weighted by molar-refractivity contribution is 0.249. The smallest absolute Gasteiger partial charge is 0.214 e. The number of sulfonamides is 1. The first kappa shape index (κ1) is 15.5. The summed E-state index contributed by atoms with van der Waals surface area (Å²) >= 11 is 0. The number of aryl methyl sites for hydroxylation is 1. The van der Waals surface area contributed by atoms with E-state index in [9.17, 15) is 8.42 Å². The predicted molar refractivity (Wildman–Crippen MR) is 80.0 cm³/mol. The molecular weight excluding hydrogens is 274 g/mol. The largest absolute Gasteiger partial charge is 0.396 e. The zero-order valence-electron chi connectivity index (χ0n) is 12.0. The van der Waals surface area contributed by atoms with Gasteiger partial charge in [-0.2, -0.15) is 4.31 Å². The first-order valence-electron chi connectivity index (χ1n) is 7.28. The van der Waals surface area contributed by atoms with Crippen LogP contribution in [-0.4, -0.2) is 36.7 Å². The summed E-state index contributed by atoms with van der Waals surface area (Å²) in [5.74, 6) is 0.178. The minimum atomic E-state index is -3.25. The molecule has 5 heteroatoms. The van der Waals surface area contributed by atoms with E-state index in [0.29, 0.717) is 19.4 Å². The molecule has 0 amide bonds. The van der Waals surface area contributed by atoms with E-state index in [0.717, 1.165) is 18.4 Å². The molecule has 4 nitrogen and oxygen atoms in total. The lowest BCUT2D eigenvalue weighted by Crippen LogP contribution is -2.36. The van der Waals surface area contributed by atoms with Crippen LogP contribution in [0.2, 0.25) is 0 Å². The zero-order valence-corrected chi connectivity index (χ0v) is 12.8. The van der Waals surface area contributed by atoms with Crippen molar-refractivity contribution >= 4 is 10.0 Å². The van der Waals surface area contributed by atoms with Gasteiger partial charge in [-0.15, -0.1) is 0 Å². The van der Waals surface area contributed by atoms with Gasteiger partial charge in [0.15, 0.2) is 0 Å². The fourth-order valence-electron chi connectivity index (χ4n) is 2.92. The number of hydrogen-bond donors (Lipinski definition) is 1. The molecule has 0 aliphatic heterocycles. The number of aliphatic hydroxyl groups excluding tert-OH is 1. The van der Waals surface area contributed by atoms with E-state index in [4.69, 9.17) is 5.11 Å². The number of nitrogens with zero attached hydrogens (tertiary/aromatic N) is 1. The average molecular weight is 297 g/mol. The highest BCUT2D eigenvalue weighted by atomic mass is 32.2. The van der Waals surface area contributed by atoms with E-state index in [1.165, 1.54) is 5.56 Å². The Hall–Kier alpha value is -0.910. The van der Waals surface area contributed by atoms with Gasteiger partial charge in [-0.05, 0) is 36.8 Å². The van der Waals surface area contributed by atoms with Crippen LogP contribution in [0.5, 0.6) is 0 Å². The molecule has 0 spiro atoms. The molecule has 1 unspecified atom stereocenters. The van der Waals surface area contributed by atoms with Crippen LogP contribution in [0.1, 0.15) is 43.4 Å². The van der Waals surface area contributed by atoms with Crippen LogP contribution in [0, 0.1) is 0 Å². The van der Waals surface area contributed by atoms with Crippen molar-refractivity contribution in [3.63, 3.8) is 0 Å². The summed E-state index contributed by atoms with van der Waals surface area (Å²) in [5, 5.41) is 9.03. The minimum absolute atomic E-state index is 0.0203. The third kappa shape index (κ3) is 3.22. The van der Waals surface area contributed by atoms with E-state index in [-0.39, 0.29) is 18.4 Å². The molecule has 0 saturated carbocycles. The van der Waals surface area contributed by atoms with Gasteiger partial charge in [-0.1, -0.05) is 31.2 Å².